The van der Waals surface area contributed by atoms with Gasteiger partial charge >= 0.3 is 11.7 Å². The molecule has 0 saturated carbocycles. The molecule has 142 valence electrons. The summed E-state index contributed by atoms with van der Waals surface area (Å²) >= 11 is -1.49. The van der Waals surface area contributed by atoms with E-state index < -0.39 is 28.3 Å². The maximum absolute atomic E-state index is 12.9. The second-order valence-corrected chi connectivity index (χ2v) is 7.29. The molecule has 2 unspecified atom stereocenters. The van der Waals surface area contributed by atoms with E-state index in [0.29, 0.717) is 29.2 Å². The molecule has 9 nitrogen and oxygen atoms in total. The van der Waals surface area contributed by atoms with Crippen LogP contribution in [-0.4, -0.2) is 40.1 Å². The van der Waals surface area contributed by atoms with E-state index >= 15 is 0 Å². The molecule has 2 aromatic rings. The Morgan fingerprint density at radius 1 is 1.41 bits per heavy atom. The standard InChI is InChI=1S/C17H18N4O5S/c1-11(17(22)26-2)19-15-13-8-9-20(16(13)18-10-14(15)21(23)24)27(25)12-6-4-3-5-7-12/h3-7,10-11H,8-9H2,1-2H3,(H,18,19). The van der Waals surface area contributed by atoms with Crippen LogP contribution < -0.4 is 9.62 Å². The third kappa shape index (κ3) is 3.67. The first-order chi connectivity index (χ1) is 12.9. The molecule has 0 spiro atoms. The lowest BCUT2D eigenvalue weighted by atomic mass is 10.1. The lowest BCUT2D eigenvalue weighted by molar-refractivity contribution is -0.384. The minimum absolute atomic E-state index is 0.204. The Hall–Kier alpha value is -2.85. The number of hydrogen-bond acceptors (Lipinski definition) is 8. The van der Waals surface area contributed by atoms with E-state index in [0.717, 1.165) is 6.20 Å². The Morgan fingerprint density at radius 3 is 2.74 bits per heavy atom. The highest BCUT2D eigenvalue weighted by Gasteiger charge is 2.36. The smallest absolute Gasteiger partial charge is 0.327 e. The fraction of sp³-hybridized carbons (Fsp3) is 0.294. The van der Waals surface area contributed by atoms with Crippen molar-refractivity contribution in [1.82, 2.24) is 4.98 Å². The number of methoxy groups -OCH3 is 1. The minimum atomic E-state index is -1.49. The van der Waals surface area contributed by atoms with Crippen molar-refractivity contribution in [2.45, 2.75) is 24.3 Å². The molecule has 0 radical (unpaired) electrons. The van der Waals surface area contributed by atoms with Gasteiger partial charge in [0.25, 0.3) is 0 Å². The van der Waals surface area contributed by atoms with Crippen molar-refractivity contribution < 1.29 is 19.0 Å². The summed E-state index contributed by atoms with van der Waals surface area (Å²) in [6.45, 7) is 1.95. The van der Waals surface area contributed by atoms with Gasteiger partial charge in [-0.15, -0.1) is 0 Å². The van der Waals surface area contributed by atoms with E-state index in [2.05, 4.69) is 15.0 Å². The van der Waals surface area contributed by atoms with Crippen LogP contribution in [0.25, 0.3) is 0 Å². The number of nitro groups is 1. The van der Waals surface area contributed by atoms with E-state index in [-0.39, 0.29) is 11.4 Å². The van der Waals surface area contributed by atoms with Gasteiger partial charge < -0.3 is 14.6 Å². The van der Waals surface area contributed by atoms with Crippen molar-refractivity contribution in [2.75, 3.05) is 23.3 Å². The van der Waals surface area contributed by atoms with Gasteiger partial charge in [-0.1, -0.05) is 18.2 Å². The summed E-state index contributed by atoms with van der Waals surface area (Å²) in [4.78, 5) is 27.4. The van der Waals surface area contributed by atoms with Crippen LogP contribution in [0.2, 0.25) is 0 Å². The zero-order valence-electron chi connectivity index (χ0n) is 14.7. The number of aromatic nitrogens is 1. The maximum atomic E-state index is 12.9. The van der Waals surface area contributed by atoms with Crippen LogP contribution in [0.3, 0.4) is 0 Å². The number of esters is 1. The average molecular weight is 390 g/mol. The number of anilines is 2. The first kappa shape index (κ1) is 18.9. The number of benzene rings is 1. The normalized spacial score (nSPS) is 15.0. The van der Waals surface area contributed by atoms with Crippen molar-refractivity contribution in [3.63, 3.8) is 0 Å². The average Bonchev–Trinajstić information content (AvgIpc) is 3.11. The summed E-state index contributed by atoms with van der Waals surface area (Å²) in [6.07, 6.45) is 1.53. The van der Waals surface area contributed by atoms with Crippen LogP contribution in [0.15, 0.2) is 41.4 Å². The fourth-order valence-electron chi connectivity index (χ4n) is 2.88. The highest BCUT2D eigenvalue weighted by molar-refractivity contribution is 7.92. The summed E-state index contributed by atoms with van der Waals surface area (Å²) in [6, 6.07) is 8.12. The summed E-state index contributed by atoms with van der Waals surface area (Å²) in [5, 5.41) is 14.3. The second-order valence-electron chi connectivity index (χ2n) is 5.88. The molecule has 10 heteroatoms. The number of nitrogens with zero attached hydrogens (tertiary/aromatic N) is 3. The number of nitrogens with one attached hydrogen (secondary N) is 1. The highest BCUT2D eigenvalue weighted by Crippen LogP contribution is 2.40. The zero-order chi connectivity index (χ0) is 19.6. The third-order valence-electron chi connectivity index (χ3n) is 4.20. The first-order valence-electron chi connectivity index (χ1n) is 8.19. The fourth-order valence-corrected chi connectivity index (χ4v) is 4.10. The lowest BCUT2D eigenvalue weighted by Crippen LogP contribution is -2.30. The summed E-state index contributed by atoms with van der Waals surface area (Å²) in [5.41, 5.74) is 0.525. The zero-order valence-corrected chi connectivity index (χ0v) is 15.6. The Labute approximate surface area is 158 Å². The van der Waals surface area contributed by atoms with Crippen LogP contribution in [0.1, 0.15) is 12.5 Å². The molecule has 27 heavy (non-hydrogen) atoms. The SMILES string of the molecule is COC(=O)C(C)Nc1c([N+](=O)[O-])cnc2c1CCN2[S+]([O-])c1ccccc1. The molecule has 0 bridgehead atoms. The number of carbonyl (C=O) groups excluding carboxylic acids is 1. The Kier molecular flexibility index (Phi) is 5.47. The Balaban J connectivity index is 1.99. The topological polar surface area (TPSA) is 121 Å². The predicted molar refractivity (Wildman–Crippen MR) is 99.9 cm³/mol. The van der Waals surface area contributed by atoms with Crippen molar-refractivity contribution >= 4 is 34.5 Å². The van der Waals surface area contributed by atoms with Gasteiger partial charge in [0.2, 0.25) is 0 Å². The van der Waals surface area contributed by atoms with Gasteiger partial charge in [-0.2, -0.15) is 4.31 Å². The maximum Gasteiger partial charge on any atom is 0.327 e. The second kappa shape index (κ2) is 7.80. The molecule has 0 amide bonds. The molecular formula is C17H18N4O5S. The van der Waals surface area contributed by atoms with E-state index in [1.54, 1.807) is 35.5 Å². The van der Waals surface area contributed by atoms with Crippen molar-refractivity contribution in [1.29, 1.82) is 0 Å². The summed E-state index contributed by atoms with van der Waals surface area (Å²) < 4.78 is 19.2. The Morgan fingerprint density at radius 2 is 2.11 bits per heavy atom. The molecule has 1 aromatic carbocycles. The molecule has 1 aliphatic rings. The number of fused-ring (bicyclic) bond motifs is 1. The number of rotatable bonds is 6. The van der Waals surface area contributed by atoms with E-state index in [1.807, 2.05) is 6.07 Å². The van der Waals surface area contributed by atoms with Gasteiger partial charge in [-0.05, 0) is 19.1 Å². The predicted octanol–water partition coefficient (Wildman–Crippen LogP) is 2.05. The third-order valence-corrected chi connectivity index (χ3v) is 5.63. The monoisotopic (exact) mass is 390 g/mol. The number of ether oxygens (including phenoxy) is 1. The molecule has 0 saturated heterocycles. The van der Waals surface area contributed by atoms with Gasteiger partial charge in [0.1, 0.15) is 29.3 Å². The van der Waals surface area contributed by atoms with Crippen LogP contribution in [-0.2, 0) is 27.3 Å². The van der Waals surface area contributed by atoms with Crippen molar-refractivity contribution in [3.8, 4) is 0 Å². The quantitative estimate of drug-likeness (QED) is 0.344. The molecule has 3 rings (SSSR count). The van der Waals surface area contributed by atoms with E-state index in [1.165, 1.54) is 7.11 Å². The number of pyridine rings is 1. The van der Waals surface area contributed by atoms with Gasteiger partial charge in [-0.3, -0.25) is 10.1 Å². The molecule has 2 heterocycles. The van der Waals surface area contributed by atoms with Crippen molar-refractivity contribution in [3.05, 3.63) is 52.2 Å². The van der Waals surface area contributed by atoms with Crippen LogP contribution in [0, 0.1) is 10.1 Å². The minimum Gasteiger partial charge on any atom is -0.588 e. The molecule has 1 aliphatic heterocycles. The van der Waals surface area contributed by atoms with Gasteiger partial charge in [0, 0.05) is 12.0 Å². The van der Waals surface area contributed by atoms with Gasteiger partial charge in [-0.25, -0.2) is 9.78 Å². The largest absolute Gasteiger partial charge is 0.588 e. The number of carbonyl (C=O) groups is 1. The molecule has 1 aromatic heterocycles. The molecule has 2 atom stereocenters. The van der Waals surface area contributed by atoms with Gasteiger partial charge in [0.15, 0.2) is 10.7 Å². The van der Waals surface area contributed by atoms with Crippen LogP contribution in [0.4, 0.5) is 17.2 Å². The van der Waals surface area contributed by atoms with E-state index in [4.69, 9.17) is 0 Å². The van der Waals surface area contributed by atoms with Gasteiger partial charge in [0.05, 0.1) is 18.6 Å². The molecule has 0 fully saturated rings. The van der Waals surface area contributed by atoms with Crippen LogP contribution in [0.5, 0.6) is 0 Å². The Bertz CT molecular complexity index is 864. The first-order valence-corrected chi connectivity index (χ1v) is 9.29. The summed E-state index contributed by atoms with van der Waals surface area (Å²) in [5.74, 6) is -0.139. The molecule has 0 aliphatic carbocycles. The molecule has 1 N–H and O–H groups in total. The lowest BCUT2D eigenvalue weighted by Gasteiger charge is -2.21. The van der Waals surface area contributed by atoms with Crippen molar-refractivity contribution in [2.24, 2.45) is 0 Å². The highest BCUT2D eigenvalue weighted by atomic mass is 32.2. The molecular weight excluding hydrogens is 372 g/mol. The van der Waals surface area contributed by atoms with E-state index in [9.17, 15) is 19.5 Å². The van der Waals surface area contributed by atoms with Crippen LogP contribution >= 0.6 is 0 Å². The number of hydrogen-bond donors (Lipinski definition) is 1. The summed E-state index contributed by atoms with van der Waals surface area (Å²) in [7, 11) is 1.25.